The van der Waals surface area contributed by atoms with E-state index < -0.39 is 6.10 Å². The molecule has 0 aliphatic heterocycles. The summed E-state index contributed by atoms with van der Waals surface area (Å²) in [6, 6.07) is 0. The van der Waals surface area contributed by atoms with Crippen LogP contribution in [0, 0.1) is 0 Å². The summed E-state index contributed by atoms with van der Waals surface area (Å²) >= 11 is 0. The highest BCUT2D eigenvalue weighted by atomic mass is 16.6. The highest BCUT2D eigenvalue weighted by Crippen LogP contribution is 2.17. The summed E-state index contributed by atoms with van der Waals surface area (Å²) in [6.07, 6.45) is 89.2. The van der Waals surface area contributed by atoms with Crippen molar-refractivity contribution in [2.75, 3.05) is 13.2 Å². The number of rotatable bonds is 60. The largest absolute Gasteiger partial charge is 0.462 e. The second-order valence-electron chi connectivity index (χ2n) is 22.0. The molecule has 1 unspecified atom stereocenters. The van der Waals surface area contributed by atoms with Gasteiger partial charge in [-0.2, -0.15) is 0 Å². The lowest BCUT2D eigenvalue weighted by atomic mass is 10.0. The lowest BCUT2D eigenvalue weighted by molar-refractivity contribution is -0.167. The van der Waals surface area contributed by atoms with E-state index in [2.05, 4.69) is 118 Å². The molecule has 0 aliphatic rings. The van der Waals surface area contributed by atoms with Crippen molar-refractivity contribution in [3.8, 4) is 0 Å². The average Bonchev–Trinajstić information content (AvgIpc) is 3.44. The van der Waals surface area contributed by atoms with Crippen LogP contribution in [0.4, 0.5) is 0 Å². The maximum atomic E-state index is 12.8. The zero-order valence-electron chi connectivity index (χ0n) is 51.4. The number of hydrogen-bond donors (Lipinski definition) is 0. The summed E-state index contributed by atoms with van der Waals surface area (Å²) in [7, 11) is 0. The van der Waals surface area contributed by atoms with Gasteiger partial charge in [-0.15, -0.1) is 0 Å². The van der Waals surface area contributed by atoms with Crippen molar-refractivity contribution < 1.29 is 28.6 Å². The summed E-state index contributed by atoms with van der Waals surface area (Å²) in [4.78, 5) is 37.9. The minimum atomic E-state index is -0.797. The van der Waals surface area contributed by atoms with Gasteiger partial charge in [-0.25, -0.2) is 0 Å². The molecule has 0 amide bonds. The van der Waals surface area contributed by atoms with E-state index in [4.69, 9.17) is 14.2 Å². The van der Waals surface area contributed by atoms with Gasteiger partial charge in [-0.05, 0) is 83.5 Å². The summed E-state index contributed by atoms with van der Waals surface area (Å²) < 4.78 is 16.7. The summed E-state index contributed by atoms with van der Waals surface area (Å²) in [5, 5.41) is 0. The van der Waals surface area contributed by atoms with Gasteiger partial charge in [-0.1, -0.05) is 317 Å². The third-order valence-corrected chi connectivity index (χ3v) is 14.4. The Labute approximate surface area is 483 Å². The van der Waals surface area contributed by atoms with Gasteiger partial charge < -0.3 is 14.2 Å². The van der Waals surface area contributed by atoms with E-state index in [0.29, 0.717) is 19.3 Å². The highest BCUT2D eigenvalue weighted by Gasteiger charge is 2.19. The molecule has 448 valence electrons. The van der Waals surface area contributed by atoms with Crippen LogP contribution in [0.25, 0.3) is 0 Å². The smallest absolute Gasteiger partial charge is 0.306 e. The lowest BCUT2D eigenvalue weighted by Crippen LogP contribution is -2.30. The number of carbonyl (C=O) groups is 3. The zero-order valence-corrected chi connectivity index (χ0v) is 51.4. The summed E-state index contributed by atoms with van der Waals surface area (Å²) in [6.45, 7) is 6.44. The Bertz CT molecular complexity index is 1530. The van der Waals surface area contributed by atoms with E-state index in [9.17, 15) is 14.4 Å². The minimum absolute atomic E-state index is 0.0930. The maximum Gasteiger partial charge on any atom is 0.306 e. The molecule has 0 rings (SSSR count). The molecule has 78 heavy (non-hydrogen) atoms. The Hall–Kier alpha value is -3.67. The molecule has 0 saturated carbocycles. The molecule has 0 radical (unpaired) electrons. The van der Waals surface area contributed by atoms with Crippen molar-refractivity contribution >= 4 is 17.9 Å². The normalized spacial score (nSPS) is 12.7. The van der Waals surface area contributed by atoms with Crippen LogP contribution in [0.3, 0.4) is 0 Å². The molecule has 6 nitrogen and oxygen atoms in total. The van der Waals surface area contributed by atoms with E-state index in [0.717, 1.165) is 116 Å². The third-order valence-electron chi connectivity index (χ3n) is 14.4. The van der Waals surface area contributed by atoms with Gasteiger partial charge >= 0.3 is 17.9 Å². The van der Waals surface area contributed by atoms with E-state index in [1.54, 1.807) is 0 Å². The van der Waals surface area contributed by atoms with Crippen LogP contribution in [-0.2, 0) is 28.6 Å². The molecule has 0 saturated heterocycles. The number of allylic oxidation sites excluding steroid dienone is 16. The fourth-order valence-corrected chi connectivity index (χ4v) is 9.40. The molecule has 1 atom stereocenters. The Morgan fingerprint density at radius 3 is 0.782 bits per heavy atom. The Morgan fingerprint density at radius 2 is 0.500 bits per heavy atom. The third kappa shape index (κ3) is 63.2. The second kappa shape index (κ2) is 65.8. The number of hydrogen-bond acceptors (Lipinski definition) is 6. The van der Waals surface area contributed by atoms with E-state index in [-0.39, 0.29) is 37.5 Å². The lowest BCUT2D eigenvalue weighted by Gasteiger charge is -2.18. The molecule has 0 bridgehead atoms. The van der Waals surface area contributed by atoms with E-state index in [1.165, 1.54) is 161 Å². The van der Waals surface area contributed by atoms with Crippen molar-refractivity contribution in [3.05, 3.63) is 97.2 Å². The predicted octanol–water partition coefficient (Wildman–Crippen LogP) is 22.8. The molecule has 0 aromatic carbocycles. The van der Waals surface area contributed by atoms with Gasteiger partial charge in [-0.3, -0.25) is 14.4 Å². The first-order valence-corrected chi connectivity index (χ1v) is 33.2. The van der Waals surface area contributed by atoms with Gasteiger partial charge in [0.05, 0.1) is 0 Å². The molecule has 0 heterocycles. The van der Waals surface area contributed by atoms with Crippen LogP contribution >= 0.6 is 0 Å². The zero-order chi connectivity index (χ0) is 56.4. The van der Waals surface area contributed by atoms with Gasteiger partial charge in [0.1, 0.15) is 13.2 Å². The summed E-state index contributed by atoms with van der Waals surface area (Å²) in [5.41, 5.74) is 0. The minimum Gasteiger partial charge on any atom is -0.462 e. The first kappa shape index (κ1) is 74.3. The van der Waals surface area contributed by atoms with Gasteiger partial charge in [0.2, 0.25) is 0 Å². The first-order chi connectivity index (χ1) is 38.5. The standard InChI is InChI=1S/C72H124O6/c1-4-7-10-13-15-17-19-21-23-25-27-29-31-33-35-37-38-40-42-44-46-48-50-52-54-56-59-62-65-71(74)77-68-69(67-76-70(73)64-61-58-12-9-6-3)78-72(75)66-63-60-57-55-53-51-49-47-45-43-41-39-36-34-32-30-28-26-24-22-20-18-16-14-11-8-5-2/h8,11,16,18,22,24,28,30,34,36,41,43,47,49,53,55,69H,4-7,9-10,12-15,17,19-21,23,25-27,29,31-33,35,37-40,42,44-46,48,50-52,54,56-68H2,1-3H3/b11-8-,18-16-,24-22-,30-28-,36-34-,43-41-,49-47-,55-53-. The van der Waals surface area contributed by atoms with Crippen LogP contribution < -0.4 is 0 Å². The van der Waals surface area contributed by atoms with Gasteiger partial charge in [0, 0.05) is 19.3 Å². The SMILES string of the molecule is CC/C=C\C/C=C\C/C=C\C/C=C\C/C=C\C/C=C\C/C=C\C/C=C\CCCCC(=O)OC(COC(=O)CCCCCCC)COC(=O)CCCCCCCCCCCCCCCCCCCCCCCCCCCCCC. The highest BCUT2D eigenvalue weighted by molar-refractivity contribution is 5.71. The van der Waals surface area contributed by atoms with Crippen molar-refractivity contribution in [2.24, 2.45) is 0 Å². The van der Waals surface area contributed by atoms with Crippen molar-refractivity contribution in [2.45, 2.75) is 329 Å². The number of esters is 3. The number of carbonyl (C=O) groups excluding carboxylic acids is 3. The second-order valence-corrected chi connectivity index (χ2v) is 22.0. The fraction of sp³-hybridized carbons (Fsp3) is 0.736. The monoisotopic (exact) mass is 1080 g/mol. The van der Waals surface area contributed by atoms with Gasteiger partial charge in [0.15, 0.2) is 6.10 Å². The van der Waals surface area contributed by atoms with Gasteiger partial charge in [0.25, 0.3) is 0 Å². The molecule has 0 fully saturated rings. The van der Waals surface area contributed by atoms with Crippen LogP contribution in [0.2, 0.25) is 0 Å². The van der Waals surface area contributed by atoms with Crippen LogP contribution in [-0.4, -0.2) is 37.2 Å². The number of ether oxygens (including phenoxy) is 3. The quantitative estimate of drug-likeness (QED) is 0.0261. The first-order valence-electron chi connectivity index (χ1n) is 33.2. The van der Waals surface area contributed by atoms with Crippen LogP contribution in [0.5, 0.6) is 0 Å². The molecule has 6 heteroatoms. The van der Waals surface area contributed by atoms with Crippen molar-refractivity contribution in [1.29, 1.82) is 0 Å². The molecular formula is C72H124O6. The van der Waals surface area contributed by atoms with Crippen molar-refractivity contribution in [3.63, 3.8) is 0 Å². The molecule has 0 spiro atoms. The predicted molar refractivity (Wildman–Crippen MR) is 339 cm³/mol. The fourth-order valence-electron chi connectivity index (χ4n) is 9.40. The Balaban J connectivity index is 4.09. The molecule has 0 aliphatic carbocycles. The molecule has 0 aromatic rings. The Morgan fingerprint density at radius 1 is 0.269 bits per heavy atom. The molecule has 0 aromatic heterocycles. The van der Waals surface area contributed by atoms with Crippen molar-refractivity contribution in [1.82, 2.24) is 0 Å². The van der Waals surface area contributed by atoms with Crippen LogP contribution in [0.15, 0.2) is 97.2 Å². The maximum absolute atomic E-state index is 12.8. The number of unbranched alkanes of at least 4 members (excludes halogenated alkanes) is 33. The molecule has 0 N–H and O–H groups in total. The topological polar surface area (TPSA) is 78.9 Å². The summed E-state index contributed by atoms with van der Waals surface area (Å²) in [5.74, 6) is -0.942. The Kier molecular flexibility index (Phi) is 62.7. The molecular weight excluding hydrogens is 961 g/mol. The van der Waals surface area contributed by atoms with E-state index >= 15 is 0 Å². The average molecular weight is 1090 g/mol. The van der Waals surface area contributed by atoms with E-state index in [1.807, 2.05) is 0 Å². The van der Waals surface area contributed by atoms with Crippen LogP contribution in [0.1, 0.15) is 323 Å².